The van der Waals surface area contributed by atoms with Gasteiger partial charge in [-0.05, 0) is 25.5 Å². The number of nitro benzene ring substituents is 1. The molecule has 0 aliphatic carbocycles. The number of nitro groups is 1. The summed E-state index contributed by atoms with van der Waals surface area (Å²) < 4.78 is 5.57. The van der Waals surface area contributed by atoms with E-state index in [1.54, 1.807) is 19.9 Å². The van der Waals surface area contributed by atoms with Crippen molar-refractivity contribution < 1.29 is 9.66 Å². The highest BCUT2D eigenvalue weighted by Crippen LogP contribution is 2.28. The monoisotopic (exact) mass is 275 g/mol. The van der Waals surface area contributed by atoms with E-state index >= 15 is 0 Å². The van der Waals surface area contributed by atoms with Crippen molar-refractivity contribution in [2.75, 3.05) is 5.43 Å². The molecule has 0 atom stereocenters. The van der Waals surface area contributed by atoms with Gasteiger partial charge in [0.25, 0.3) is 5.69 Å². The average Bonchev–Trinajstić information content (AvgIpc) is 2.40. The number of nitrogen functional groups attached to an aromatic ring is 1. The Morgan fingerprint density at radius 2 is 2.05 bits per heavy atom. The van der Waals surface area contributed by atoms with Crippen LogP contribution in [0.2, 0.25) is 0 Å². The molecule has 1 aromatic heterocycles. The zero-order valence-electron chi connectivity index (χ0n) is 11.0. The molecule has 0 spiro atoms. The Bertz CT molecular complexity index is 660. The number of rotatable bonds is 4. The van der Waals surface area contributed by atoms with Crippen LogP contribution in [0.4, 0.5) is 11.5 Å². The number of benzene rings is 1. The van der Waals surface area contributed by atoms with E-state index in [0.29, 0.717) is 17.4 Å². The smallest absolute Gasteiger partial charge is 0.273 e. The summed E-state index contributed by atoms with van der Waals surface area (Å²) in [4.78, 5) is 18.4. The third-order valence-corrected chi connectivity index (χ3v) is 2.56. The lowest BCUT2D eigenvalue weighted by atomic mass is 10.2. The van der Waals surface area contributed by atoms with E-state index < -0.39 is 4.92 Å². The van der Waals surface area contributed by atoms with Crippen LogP contribution in [0.15, 0.2) is 24.3 Å². The molecule has 2 aromatic rings. The molecule has 8 nitrogen and oxygen atoms in total. The molecule has 3 N–H and O–H groups in total. The van der Waals surface area contributed by atoms with E-state index in [-0.39, 0.29) is 11.6 Å². The molecule has 20 heavy (non-hydrogen) atoms. The largest absolute Gasteiger partial charge is 0.438 e. The molecule has 0 aliphatic heterocycles. The van der Waals surface area contributed by atoms with E-state index in [9.17, 15) is 10.1 Å². The number of anilines is 1. The summed E-state index contributed by atoms with van der Waals surface area (Å²) in [5, 5.41) is 10.8. The lowest BCUT2D eigenvalue weighted by Gasteiger charge is -2.09. The number of nitrogens with one attached hydrogen (secondary N) is 1. The highest BCUT2D eigenvalue weighted by Gasteiger charge is 2.11. The minimum Gasteiger partial charge on any atom is -0.438 e. The molecule has 1 heterocycles. The number of ether oxygens (including phenoxy) is 1. The van der Waals surface area contributed by atoms with Crippen LogP contribution in [0, 0.1) is 24.0 Å². The van der Waals surface area contributed by atoms with Gasteiger partial charge in [-0.25, -0.2) is 10.8 Å². The molecule has 104 valence electrons. The Balaban J connectivity index is 2.36. The first-order chi connectivity index (χ1) is 9.49. The average molecular weight is 275 g/mol. The molecule has 0 amide bonds. The molecule has 8 heteroatoms. The van der Waals surface area contributed by atoms with Crippen LogP contribution in [0.3, 0.4) is 0 Å². The van der Waals surface area contributed by atoms with Crippen LogP contribution >= 0.6 is 0 Å². The number of hydrogen-bond donors (Lipinski definition) is 2. The quantitative estimate of drug-likeness (QED) is 0.498. The van der Waals surface area contributed by atoms with Crippen molar-refractivity contribution in [1.82, 2.24) is 9.97 Å². The van der Waals surface area contributed by atoms with Crippen LogP contribution in [-0.4, -0.2) is 14.9 Å². The summed E-state index contributed by atoms with van der Waals surface area (Å²) in [6.45, 7) is 3.48. The van der Waals surface area contributed by atoms with Crippen molar-refractivity contribution in [3.8, 4) is 11.6 Å². The summed E-state index contributed by atoms with van der Waals surface area (Å²) in [5.41, 5.74) is 3.11. The summed E-state index contributed by atoms with van der Waals surface area (Å²) >= 11 is 0. The maximum atomic E-state index is 10.8. The molecule has 0 radical (unpaired) electrons. The van der Waals surface area contributed by atoms with Gasteiger partial charge in [-0.3, -0.25) is 10.1 Å². The molecule has 0 saturated carbocycles. The SMILES string of the molecule is Cc1nc(NN)cc(Oc2cc([N+](=O)[O-])ccc2C)n1. The van der Waals surface area contributed by atoms with Crippen LogP contribution in [0.1, 0.15) is 11.4 Å². The Kier molecular flexibility index (Phi) is 3.76. The fourth-order valence-corrected chi connectivity index (χ4v) is 1.59. The molecule has 0 bridgehead atoms. The highest BCUT2D eigenvalue weighted by molar-refractivity contribution is 5.46. The second kappa shape index (κ2) is 5.49. The first-order valence-corrected chi connectivity index (χ1v) is 5.75. The topological polar surface area (TPSA) is 116 Å². The van der Waals surface area contributed by atoms with E-state index in [4.69, 9.17) is 10.6 Å². The number of nitrogens with two attached hydrogens (primary N) is 1. The van der Waals surface area contributed by atoms with Crippen molar-refractivity contribution in [1.29, 1.82) is 0 Å². The fourth-order valence-electron chi connectivity index (χ4n) is 1.59. The van der Waals surface area contributed by atoms with Gasteiger partial charge in [-0.2, -0.15) is 4.98 Å². The van der Waals surface area contributed by atoms with E-state index in [2.05, 4.69) is 15.4 Å². The molecule has 0 unspecified atom stereocenters. The Morgan fingerprint density at radius 1 is 1.30 bits per heavy atom. The third-order valence-electron chi connectivity index (χ3n) is 2.56. The van der Waals surface area contributed by atoms with Crippen LogP contribution in [0.25, 0.3) is 0 Å². The first kappa shape index (κ1) is 13.7. The van der Waals surface area contributed by atoms with Crippen LogP contribution in [0.5, 0.6) is 11.6 Å². The lowest BCUT2D eigenvalue weighted by Crippen LogP contribution is -2.10. The summed E-state index contributed by atoms with van der Waals surface area (Å²) in [6, 6.07) is 5.89. The van der Waals surface area contributed by atoms with Crippen molar-refractivity contribution in [2.24, 2.45) is 5.84 Å². The van der Waals surface area contributed by atoms with Crippen molar-refractivity contribution in [3.05, 3.63) is 45.8 Å². The molecular weight excluding hydrogens is 262 g/mol. The zero-order chi connectivity index (χ0) is 14.7. The van der Waals surface area contributed by atoms with Gasteiger partial charge in [0, 0.05) is 12.1 Å². The van der Waals surface area contributed by atoms with Gasteiger partial charge < -0.3 is 10.2 Å². The number of aromatic nitrogens is 2. The second-order valence-electron chi connectivity index (χ2n) is 4.09. The van der Waals surface area contributed by atoms with Gasteiger partial charge in [-0.15, -0.1) is 0 Å². The van der Waals surface area contributed by atoms with E-state index in [0.717, 1.165) is 5.56 Å². The van der Waals surface area contributed by atoms with Crippen molar-refractivity contribution in [3.63, 3.8) is 0 Å². The van der Waals surface area contributed by atoms with Crippen molar-refractivity contribution in [2.45, 2.75) is 13.8 Å². The van der Waals surface area contributed by atoms with Gasteiger partial charge >= 0.3 is 0 Å². The zero-order valence-corrected chi connectivity index (χ0v) is 11.0. The normalized spacial score (nSPS) is 10.2. The third kappa shape index (κ3) is 2.98. The van der Waals surface area contributed by atoms with E-state index in [1.165, 1.54) is 18.2 Å². The summed E-state index contributed by atoms with van der Waals surface area (Å²) in [7, 11) is 0. The molecule has 0 aliphatic rings. The lowest BCUT2D eigenvalue weighted by molar-refractivity contribution is -0.384. The summed E-state index contributed by atoms with van der Waals surface area (Å²) in [5.74, 6) is 6.78. The predicted molar refractivity (Wildman–Crippen MR) is 72.5 cm³/mol. The van der Waals surface area contributed by atoms with Crippen LogP contribution < -0.4 is 16.0 Å². The van der Waals surface area contributed by atoms with Crippen LogP contribution in [-0.2, 0) is 0 Å². The van der Waals surface area contributed by atoms with Gasteiger partial charge in [-0.1, -0.05) is 0 Å². The number of hydrazine groups is 1. The Morgan fingerprint density at radius 3 is 2.70 bits per heavy atom. The standard InChI is InChI=1S/C12H13N5O3/c1-7-3-4-9(17(18)19)5-10(7)20-12-6-11(16-13)14-8(2)15-12/h3-6H,13H2,1-2H3,(H,14,15,16). The number of aryl methyl sites for hydroxylation is 2. The maximum Gasteiger partial charge on any atom is 0.273 e. The first-order valence-electron chi connectivity index (χ1n) is 5.75. The van der Waals surface area contributed by atoms with Gasteiger partial charge in [0.15, 0.2) is 0 Å². The highest BCUT2D eigenvalue weighted by atomic mass is 16.6. The molecule has 1 aromatic carbocycles. The molecule has 0 saturated heterocycles. The maximum absolute atomic E-state index is 10.8. The Hall–Kier alpha value is -2.74. The number of nitrogens with zero attached hydrogens (tertiary/aromatic N) is 3. The van der Waals surface area contributed by atoms with Gasteiger partial charge in [0.2, 0.25) is 5.88 Å². The van der Waals surface area contributed by atoms with Crippen molar-refractivity contribution >= 4 is 11.5 Å². The second-order valence-corrected chi connectivity index (χ2v) is 4.09. The summed E-state index contributed by atoms with van der Waals surface area (Å²) in [6.07, 6.45) is 0. The molecule has 2 rings (SSSR count). The predicted octanol–water partition coefficient (Wildman–Crippen LogP) is 2.08. The fraction of sp³-hybridized carbons (Fsp3) is 0.167. The van der Waals surface area contributed by atoms with Gasteiger partial charge in [0.1, 0.15) is 17.4 Å². The minimum atomic E-state index is -0.482. The Labute approximate surface area is 114 Å². The number of hydrogen-bond acceptors (Lipinski definition) is 7. The van der Waals surface area contributed by atoms with Gasteiger partial charge in [0.05, 0.1) is 11.0 Å². The molecule has 0 fully saturated rings. The minimum absolute atomic E-state index is 0.0476. The number of non-ortho nitro benzene ring substituents is 1. The van der Waals surface area contributed by atoms with E-state index in [1.807, 2.05) is 0 Å². The molecular formula is C12H13N5O3.